The molecule has 2 aromatic carbocycles. The van der Waals surface area contributed by atoms with Crippen molar-refractivity contribution in [2.45, 2.75) is 44.3 Å². The van der Waals surface area contributed by atoms with Crippen LogP contribution in [0.5, 0.6) is 17.2 Å². The van der Waals surface area contributed by atoms with Crippen LogP contribution in [0.4, 0.5) is 17.6 Å². The SMILES string of the molecule is COC(Oc1ccccc1Oc1cc(-c2c(C(F)(F)F)n(C)c(=O)[nH]c2=O)c(F)cc1Cl)C(=O)OC1CCCC1. The first-order chi connectivity index (χ1) is 18.9. The maximum Gasteiger partial charge on any atom is 0.432 e. The Balaban J connectivity index is 1.71. The number of aromatic amines is 1. The fraction of sp³-hybridized carbons (Fsp3) is 0.346. The van der Waals surface area contributed by atoms with Gasteiger partial charge in [0.15, 0.2) is 11.5 Å². The van der Waals surface area contributed by atoms with Gasteiger partial charge in [-0.3, -0.25) is 14.3 Å². The number of nitrogens with zero attached hydrogens (tertiary/aromatic N) is 1. The second-order valence-corrected chi connectivity index (χ2v) is 9.29. The summed E-state index contributed by atoms with van der Waals surface area (Å²) in [4.78, 5) is 38.6. The molecule has 4 rings (SSSR count). The molecule has 9 nitrogen and oxygen atoms in total. The summed E-state index contributed by atoms with van der Waals surface area (Å²) in [6.45, 7) is 0. The van der Waals surface area contributed by atoms with Crippen molar-refractivity contribution in [2.75, 3.05) is 7.11 Å². The molecule has 0 bridgehead atoms. The van der Waals surface area contributed by atoms with Gasteiger partial charge in [0, 0.05) is 19.7 Å². The fourth-order valence-corrected chi connectivity index (χ4v) is 4.47. The molecule has 0 spiro atoms. The molecule has 1 aliphatic rings. The number of ether oxygens (including phenoxy) is 4. The number of halogens is 5. The Hall–Kier alpha value is -3.84. The van der Waals surface area contributed by atoms with Crippen molar-refractivity contribution in [2.24, 2.45) is 7.05 Å². The van der Waals surface area contributed by atoms with Crippen molar-refractivity contribution >= 4 is 17.6 Å². The van der Waals surface area contributed by atoms with E-state index < -0.39 is 52.3 Å². The van der Waals surface area contributed by atoms with Crippen LogP contribution in [0.15, 0.2) is 46.0 Å². The van der Waals surface area contributed by atoms with Gasteiger partial charge in [0.1, 0.15) is 23.4 Å². The lowest BCUT2D eigenvalue weighted by Gasteiger charge is -2.21. The monoisotopic (exact) mass is 586 g/mol. The Morgan fingerprint density at radius 1 is 1.10 bits per heavy atom. The minimum Gasteiger partial charge on any atom is -0.458 e. The van der Waals surface area contributed by atoms with Crippen molar-refractivity contribution in [1.29, 1.82) is 0 Å². The molecule has 1 fully saturated rings. The quantitative estimate of drug-likeness (QED) is 0.220. The summed E-state index contributed by atoms with van der Waals surface area (Å²) in [5, 5.41) is -0.352. The molecule has 1 heterocycles. The molecule has 1 aromatic heterocycles. The summed E-state index contributed by atoms with van der Waals surface area (Å²) in [5.74, 6) is -2.48. The van der Waals surface area contributed by atoms with Gasteiger partial charge < -0.3 is 18.9 Å². The third-order valence-electron chi connectivity index (χ3n) is 6.18. The topological polar surface area (TPSA) is 109 Å². The number of benzene rings is 2. The number of H-pyrrole nitrogens is 1. The Morgan fingerprint density at radius 3 is 2.38 bits per heavy atom. The fourth-order valence-electron chi connectivity index (χ4n) is 4.29. The Kier molecular flexibility index (Phi) is 8.54. The van der Waals surface area contributed by atoms with Gasteiger partial charge in [-0.2, -0.15) is 13.2 Å². The van der Waals surface area contributed by atoms with Crippen LogP contribution in [0, 0.1) is 5.82 Å². The van der Waals surface area contributed by atoms with Crippen LogP contribution < -0.4 is 20.7 Å². The van der Waals surface area contributed by atoms with Crippen LogP contribution >= 0.6 is 11.6 Å². The second-order valence-electron chi connectivity index (χ2n) is 8.88. The predicted octanol–water partition coefficient (Wildman–Crippen LogP) is 5.18. The van der Waals surface area contributed by atoms with E-state index in [0.29, 0.717) is 6.07 Å². The molecule has 1 atom stereocenters. The highest BCUT2D eigenvalue weighted by Crippen LogP contribution is 2.41. The van der Waals surface area contributed by atoms with Gasteiger partial charge >= 0.3 is 17.8 Å². The van der Waals surface area contributed by atoms with Gasteiger partial charge in [0.2, 0.25) is 0 Å². The molecule has 0 saturated heterocycles. The molecule has 0 aliphatic heterocycles. The zero-order chi connectivity index (χ0) is 29.2. The van der Waals surface area contributed by atoms with Gasteiger partial charge in [0.25, 0.3) is 11.8 Å². The summed E-state index contributed by atoms with van der Waals surface area (Å²) in [6, 6.07) is 7.34. The number of nitrogens with one attached hydrogen (secondary N) is 1. The van der Waals surface area contributed by atoms with Crippen LogP contribution in [-0.2, 0) is 27.5 Å². The number of carbonyl (C=O) groups is 1. The van der Waals surface area contributed by atoms with Crippen LogP contribution in [0.25, 0.3) is 11.1 Å². The molecule has 0 amide bonds. The number of hydrogen-bond donors (Lipinski definition) is 1. The first kappa shape index (κ1) is 29.2. The van der Waals surface area contributed by atoms with E-state index in [1.54, 1.807) is 11.1 Å². The third kappa shape index (κ3) is 6.15. The Labute approximate surface area is 229 Å². The molecule has 1 aliphatic carbocycles. The molecule has 40 heavy (non-hydrogen) atoms. The molecule has 1 unspecified atom stereocenters. The number of aromatic nitrogens is 2. The van der Waals surface area contributed by atoms with Crippen molar-refractivity contribution < 1.29 is 41.3 Å². The number of para-hydroxylation sites is 2. The maximum atomic E-state index is 14.9. The van der Waals surface area contributed by atoms with E-state index in [9.17, 15) is 31.9 Å². The van der Waals surface area contributed by atoms with Crippen LogP contribution in [0.1, 0.15) is 31.4 Å². The summed E-state index contributed by atoms with van der Waals surface area (Å²) in [6.07, 6.45) is -3.59. The largest absolute Gasteiger partial charge is 0.458 e. The lowest BCUT2D eigenvalue weighted by molar-refractivity contribution is -0.178. The Morgan fingerprint density at radius 2 is 1.75 bits per heavy atom. The van der Waals surface area contributed by atoms with E-state index in [1.807, 2.05) is 0 Å². The van der Waals surface area contributed by atoms with Crippen molar-refractivity contribution in [3.63, 3.8) is 0 Å². The Bertz CT molecular complexity index is 1530. The molecule has 14 heteroatoms. The average molecular weight is 587 g/mol. The van der Waals surface area contributed by atoms with Crippen molar-refractivity contribution in [1.82, 2.24) is 9.55 Å². The van der Waals surface area contributed by atoms with E-state index in [2.05, 4.69) is 0 Å². The van der Waals surface area contributed by atoms with Gasteiger partial charge in [-0.25, -0.2) is 14.0 Å². The van der Waals surface area contributed by atoms with E-state index >= 15 is 0 Å². The van der Waals surface area contributed by atoms with Crippen molar-refractivity contribution in [3.05, 3.63) is 73.8 Å². The average Bonchev–Trinajstić information content (AvgIpc) is 3.39. The first-order valence-electron chi connectivity index (χ1n) is 12.0. The third-order valence-corrected chi connectivity index (χ3v) is 6.47. The number of carbonyl (C=O) groups excluding carboxylic acids is 1. The second kappa shape index (κ2) is 11.7. The van der Waals surface area contributed by atoms with Gasteiger partial charge in [-0.05, 0) is 49.9 Å². The smallest absolute Gasteiger partial charge is 0.432 e. The van der Waals surface area contributed by atoms with Crippen molar-refractivity contribution in [3.8, 4) is 28.4 Å². The zero-order valence-corrected chi connectivity index (χ0v) is 21.9. The number of methoxy groups -OCH3 is 1. The van der Waals surface area contributed by atoms with Gasteiger partial charge in [0.05, 0.1) is 10.6 Å². The van der Waals surface area contributed by atoms with E-state index in [1.165, 1.54) is 25.3 Å². The molecule has 1 N–H and O–H groups in total. The van der Waals surface area contributed by atoms with Crippen LogP contribution in [0.3, 0.4) is 0 Å². The molecule has 0 radical (unpaired) electrons. The molecule has 214 valence electrons. The number of esters is 1. The summed E-state index contributed by atoms with van der Waals surface area (Å²) >= 11 is 6.13. The van der Waals surface area contributed by atoms with Gasteiger partial charge in [-0.1, -0.05) is 23.7 Å². The standard InChI is InChI=1S/C26H23ClF4N2O7/c1-33-21(26(29,30)31)20(22(34)32-25(33)36)14-11-19(15(27)12-16(14)28)39-17-9-5-6-10-18(17)40-24(37-2)23(35)38-13-7-3-4-8-13/h5-6,9-13,24H,3-4,7-8H2,1-2H3,(H,32,34,36). The number of hydrogen-bond acceptors (Lipinski definition) is 7. The first-order valence-corrected chi connectivity index (χ1v) is 12.3. The lowest BCUT2D eigenvalue weighted by atomic mass is 10.0. The van der Waals surface area contributed by atoms with E-state index in [-0.39, 0.29) is 32.9 Å². The highest BCUT2D eigenvalue weighted by atomic mass is 35.5. The number of alkyl halides is 3. The van der Waals surface area contributed by atoms with Crippen LogP contribution in [0.2, 0.25) is 5.02 Å². The minimum atomic E-state index is -5.19. The van der Waals surface area contributed by atoms with E-state index in [0.717, 1.165) is 38.8 Å². The molecule has 1 saturated carbocycles. The predicted molar refractivity (Wildman–Crippen MR) is 134 cm³/mol. The summed E-state index contributed by atoms with van der Waals surface area (Å²) in [7, 11) is 2.02. The highest BCUT2D eigenvalue weighted by molar-refractivity contribution is 6.32. The zero-order valence-electron chi connectivity index (χ0n) is 21.1. The van der Waals surface area contributed by atoms with Crippen LogP contribution in [-0.4, -0.2) is 35.0 Å². The minimum absolute atomic E-state index is 0.0319. The lowest BCUT2D eigenvalue weighted by Crippen LogP contribution is -2.35. The number of rotatable bonds is 8. The highest BCUT2D eigenvalue weighted by Gasteiger charge is 2.39. The van der Waals surface area contributed by atoms with Gasteiger partial charge in [-0.15, -0.1) is 0 Å². The molecular weight excluding hydrogens is 564 g/mol. The summed E-state index contributed by atoms with van der Waals surface area (Å²) in [5.41, 5.74) is -6.43. The molecule has 3 aromatic rings. The maximum absolute atomic E-state index is 14.9. The summed E-state index contributed by atoms with van der Waals surface area (Å²) < 4.78 is 78.6. The molecular formula is C26H23ClF4N2O7. The van der Waals surface area contributed by atoms with E-state index in [4.69, 9.17) is 30.5 Å². The normalized spacial score (nSPS) is 14.7.